The van der Waals surface area contributed by atoms with Gasteiger partial charge in [0, 0.05) is 26.2 Å². The molecule has 0 saturated carbocycles. The molecule has 0 atom stereocenters. The molecule has 0 unspecified atom stereocenters. The maximum atomic E-state index is 5.88. The van der Waals surface area contributed by atoms with E-state index in [2.05, 4.69) is 15.5 Å². The summed E-state index contributed by atoms with van der Waals surface area (Å²) in [5.74, 6) is 0. The van der Waals surface area contributed by atoms with Gasteiger partial charge in [-0.2, -0.15) is 0 Å². The van der Waals surface area contributed by atoms with Crippen LogP contribution in [-0.4, -0.2) is 37.4 Å². The first-order chi connectivity index (χ1) is 6.65. The number of halogens is 2. The van der Waals surface area contributed by atoms with Gasteiger partial charge in [-0.05, 0) is 7.05 Å². The molecule has 0 radical (unpaired) electrons. The highest BCUT2D eigenvalue weighted by Gasteiger charge is 2.08. The van der Waals surface area contributed by atoms with E-state index in [4.69, 9.17) is 23.2 Å². The third-order valence-corrected chi connectivity index (χ3v) is 2.26. The topological polar surface area (TPSA) is 41.0 Å². The van der Waals surface area contributed by atoms with Gasteiger partial charge in [0.2, 0.25) is 0 Å². The summed E-state index contributed by atoms with van der Waals surface area (Å²) < 4.78 is 0. The molecule has 0 saturated heterocycles. The predicted octanol–water partition coefficient (Wildman–Crippen LogP) is 1.44. The first kappa shape index (κ1) is 11.5. The fourth-order valence-corrected chi connectivity index (χ4v) is 1.39. The standard InChI is InChI=1S/C8H12Cl2N4/c1-11-3-4-14(2)6-5-7(9)12-13-8(6)10/h5,11H,3-4H2,1-2H3. The van der Waals surface area contributed by atoms with Gasteiger partial charge >= 0.3 is 0 Å². The van der Waals surface area contributed by atoms with Gasteiger partial charge in [-0.25, -0.2) is 0 Å². The van der Waals surface area contributed by atoms with Crippen molar-refractivity contribution in [2.45, 2.75) is 0 Å². The highest BCUT2D eigenvalue weighted by Crippen LogP contribution is 2.23. The molecule has 0 fully saturated rings. The molecule has 14 heavy (non-hydrogen) atoms. The molecule has 1 aromatic rings. The van der Waals surface area contributed by atoms with Crippen LogP contribution in [0.5, 0.6) is 0 Å². The Labute approximate surface area is 93.2 Å². The molecule has 6 heteroatoms. The zero-order valence-electron chi connectivity index (χ0n) is 8.09. The molecule has 1 aromatic heterocycles. The minimum absolute atomic E-state index is 0.348. The Morgan fingerprint density at radius 1 is 1.43 bits per heavy atom. The van der Waals surface area contributed by atoms with Crippen molar-refractivity contribution in [1.82, 2.24) is 15.5 Å². The second kappa shape index (κ2) is 5.34. The lowest BCUT2D eigenvalue weighted by molar-refractivity contribution is 0.765. The van der Waals surface area contributed by atoms with Crippen molar-refractivity contribution in [1.29, 1.82) is 0 Å². The summed E-state index contributed by atoms with van der Waals surface area (Å²) in [6.07, 6.45) is 0. The van der Waals surface area contributed by atoms with Gasteiger partial charge in [0.1, 0.15) is 0 Å². The molecule has 1 rings (SSSR count). The summed E-state index contributed by atoms with van der Waals surface area (Å²) in [7, 11) is 3.82. The van der Waals surface area contributed by atoms with E-state index < -0.39 is 0 Å². The summed E-state index contributed by atoms with van der Waals surface area (Å²) in [4.78, 5) is 1.97. The fourth-order valence-electron chi connectivity index (χ4n) is 1.01. The predicted molar refractivity (Wildman–Crippen MR) is 59.2 cm³/mol. The molecule has 1 N–H and O–H groups in total. The van der Waals surface area contributed by atoms with Crippen molar-refractivity contribution in [2.75, 3.05) is 32.1 Å². The second-order valence-electron chi connectivity index (χ2n) is 2.87. The number of aromatic nitrogens is 2. The molecule has 0 aliphatic heterocycles. The van der Waals surface area contributed by atoms with Crippen LogP contribution < -0.4 is 10.2 Å². The SMILES string of the molecule is CNCCN(C)c1cc(Cl)nnc1Cl. The lowest BCUT2D eigenvalue weighted by Crippen LogP contribution is -2.27. The lowest BCUT2D eigenvalue weighted by atomic mass is 10.4. The molecule has 0 spiro atoms. The summed E-state index contributed by atoms with van der Waals surface area (Å²) in [6, 6.07) is 1.70. The fraction of sp³-hybridized carbons (Fsp3) is 0.500. The summed E-state index contributed by atoms with van der Waals surface area (Å²) in [5, 5.41) is 11.1. The van der Waals surface area contributed by atoms with Crippen LogP contribution in [0.1, 0.15) is 0 Å². The molecule has 78 valence electrons. The van der Waals surface area contributed by atoms with Crippen molar-refractivity contribution in [3.63, 3.8) is 0 Å². The molecule has 0 bridgehead atoms. The van der Waals surface area contributed by atoms with Gasteiger partial charge < -0.3 is 10.2 Å². The van der Waals surface area contributed by atoms with Gasteiger partial charge in [0.05, 0.1) is 5.69 Å². The average molecular weight is 235 g/mol. The highest BCUT2D eigenvalue weighted by molar-refractivity contribution is 6.33. The van der Waals surface area contributed by atoms with E-state index in [1.54, 1.807) is 6.07 Å². The largest absolute Gasteiger partial charge is 0.371 e. The van der Waals surface area contributed by atoms with Crippen LogP contribution in [0, 0.1) is 0 Å². The first-order valence-corrected chi connectivity index (χ1v) is 4.95. The van der Waals surface area contributed by atoms with E-state index in [1.165, 1.54) is 0 Å². The van der Waals surface area contributed by atoms with E-state index in [9.17, 15) is 0 Å². The van der Waals surface area contributed by atoms with Gasteiger partial charge in [0.15, 0.2) is 10.3 Å². The zero-order valence-corrected chi connectivity index (χ0v) is 9.60. The Morgan fingerprint density at radius 2 is 2.14 bits per heavy atom. The number of hydrogen-bond donors (Lipinski definition) is 1. The smallest absolute Gasteiger partial charge is 0.175 e. The molecular weight excluding hydrogens is 223 g/mol. The minimum atomic E-state index is 0.348. The summed E-state index contributed by atoms with van der Waals surface area (Å²) in [5.41, 5.74) is 0.793. The van der Waals surface area contributed by atoms with Crippen LogP contribution in [-0.2, 0) is 0 Å². The van der Waals surface area contributed by atoms with Crippen molar-refractivity contribution in [3.8, 4) is 0 Å². The quantitative estimate of drug-likeness (QED) is 0.857. The molecule has 0 aliphatic carbocycles. The highest BCUT2D eigenvalue weighted by atomic mass is 35.5. The molecule has 0 amide bonds. The molecular formula is C8H12Cl2N4. The van der Waals surface area contributed by atoms with Crippen LogP contribution >= 0.6 is 23.2 Å². The zero-order chi connectivity index (χ0) is 10.6. The lowest BCUT2D eigenvalue weighted by Gasteiger charge is -2.19. The number of anilines is 1. The molecule has 1 heterocycles. The van der Waals surface area contributed by atoms with Crippen LogP contribution in [0.3, 0.4) is 0 Å². The van der Waals surface area contributed by atoms with E-state index >= 15 is 0 Å². The van der Waals surface area contributed by atoms with Crippen LogP contribution in [0.2, 0.25) is 10.3 Å². The van der Waals surface area contributed by atoms with E-state index in [0.717, 1.165) is 18.8 Å². The van der Waals surface area contributed by atoms with Gasteiger partial charge in [-0.15, -0.1) is 10.2 Å². The van der Waals surface area contributed by atoms with Crippen molar-refractivity contribution >= 4 is 28.9 Å². The van der Waals surface area contributed by atoms with Crippen LogP contribution in [0.4, 0.5) is 5.69 Å². The Balaban J connectivity index is 2.77. The monoisotopic (exact) mass is 234 g/mol. The maximum Gasteiger partial charge on any atom is 0.175 e. The molecule has 0 aliphatic rings. The second-order valence-corrected chi connectivity index (χ2v) is 3.61. The minimum Gasteiger partial charge on any atom is -0.371 e. The van der Waals surface area contributed by atoms with Crippen molar-refractivity contribution in [3.05, 3.63) is 16.4 Å². The number of rotatable bonds is 4. The van der Waals surface area contributed by atoms with Gasteiger partial charge in [0.25, 0.3) is 0 Å². The number of hydrogen-bond acceptors (Lipinski definition) is 4. The Bertz CT molecular complexity index is 305. The third kappa shape index (κ3) is 2.97. The number of nitrogens with one attached hydrogen (secondary N) is 1. The number of nitrogens with zero attached hydrogens (tertiary/aromatic N) is 3. The first-order valence-electron chi connectivity index (χ1n) is 4.19. The average Bonchev–Trinajstić information content (AvgIpc) is 2.18. The molecule has 0 aromatic carbocycles. The van der Waals surface area contributed by atoms with E-state index in [0.29, 0.717) is 10.3 Å². The van der Waals surface area contributed by atoms with Crippen molar-refractivity contribution < 1.29 is 0 Å². The Hall–Kier alpha value is -0.580. The van der Waals surface area contributed by atoms with Crippen LogP contribution in [0.15, 0.2) is 6.07 Å². The number of likely N-dealkylation sites (N-methyl/N-ethyl adjacent to an activating group) is 2. The Morgan fingerprint density at radius 3 is 2.79 bits per heavy atom. The summed E-state index contributed by atoms with van der Waals surface area (Å²) >= 11 is 11.6. The summed E-state index contributed by atoms with van der Waals surface area (Å²) in [6.45, 7) is 1.70. The van der Waals surface area contributed by atoms with Gasteiger partial charge in [-0.1, -0.05) is 23.2 Å². The maximum absolute atomic E-state index is 5.88. The molecule has 4 nitrogen and oxygen atoms in total. The van der Waals surface area contributed by atoms with Gasteiger partial charge in [-0.3, -0.25) is 0 Å². The van der Waals surface area contributed by atoms with Crippen molar-refractivity contribution in [2.24, 2.45) is 0 Å². The van der Waals surface area contributed by atoms with Crippen LogP contribution in [0.25, 0.3) is 0 Å². The Kier molecular flexibility index (Phi) is 4.38. The van der Waals surface area contributed by atoms with E-state index in [-0.39, 0.29) is 0 Å². The normalized spacial score (nSPS) is 10.3. The van der Waals surface area contributed by atoms with E-state index in [1.807, 2.05) is 19.0 Å². The third-order valence-electron chi connectivity index (χ3n) is 1.81.